The lowest BCUT2D eigenvalue weighted by Crippen LogP contribution is -2.45. The molecule has 0 spiro atoms. The van der Waals surface area contributed by atoms with Crippen LogP contribution in [-0.2, 0) is 14.3 Å². The van der Waals surface area contributed by atoms with Gasteiger partial charge >= 0.3 is 0 Å². The minimum Gasteiger partial charge on any atom is -0.377 e. The van der Waals surface area contributed by atoms with Crippen LogP contribution >= 0.6 is 0 Å². The first-order chi connectivity index (χ1) is 8.72. The van der Waals surface area contributed by atoms with E-state index in [1.165, 1.54) is 0 Å². The number of carbonyl (C=O) groups is 1. The van der Waals surface area contributed by atoms with Gasteiger partial charge in [-0.05, 0) is 13.8 Å². The third-order valence-electron chi connectivity index (χ3n) is 2.92. The highest BCUT2D eigenvalue weighted by atomic mass is 16.5. The van der Waals surface area contributed by atoms with Crippen LogP contribution in [0.2, 0.25) is 0 Å². The molecule has 2 rings (SSSR count). The summed E-state index contributed by atoms with van der Waals surface area (Å²) in [5.41, 5.74) is 0.979. The number of aryl methyl sites for hydroxylation is 1. The molecule has 1 amide bonds. The normalized spacial score (nSPS) is 20.1. The van der Waals surface area contributed by atoms with Crippen molar-refractivity contribution in [2.45, 2.75) is 19.9 Å². The zero-order chi connectivity index (χ0) is 13.0. The summed E-state index contributed by atoms with van der Waals surface area (Å²) in [7, 11) is 0. The Labute approximate surface area is 106 Å². The van der Waals surface area contributed by atoms with Crippen molar-refractivity contribution in [3.63, 3.8) is 0 Å². The molecule has 100 valence electrons. The predicted molar refractivity (Wildman–Crippen MR) is 65.1 cm³/mol. The average Bonchev–Trinajstić information content (AvgIpc) is 2.82. The SMILES string of the molecule is CCOCC(=O)N1CCOC[C@H]1c1ncc(C)[nH]1. The second kappa shape index (κ2) is 5.97. The molecule has 0 aromatic carbocycles. The van der Waals surface area contributed by atoms with Gasteiger partial charge in [-0.15, -0.1) is 0 Å². The highest BCUT2D eigenvalue weighted by Crippen LogP contribution is 2.21. The lowest BCUT2D eigenvalue weighted by molar-refractivity contribution is -0.145. The van der Waals surface area contributed by atoms with E-state index in [1.54, 1.807) is 11.1 Å². The first-order valence-corrected chi connectivity index (χ1v) is 6.18. The van der Waals surface area contributed by atoms with Gasteiger partial charge in [0.1, 0.15) is 18.5 Å². The van der Waals surface area contributed by atoms with Gasteiger partial charge in [0.15, 0.2) is 0 Å². The second-order valence-electron chi connectivity index (χ2n) is 4.27. The van der Waals surface area contributed by atoms with Crippen LogP contribution in [0.5, 0.6) is 0 Å². The van der Waals surface area contributed by atoms with Crippen molar-refractivity contribution in [1.29, 1.82) is 0 Å². The van der Waals surface area contributed by atoms with E-state index >= 15 is 0 Å². The Morgan fingerprint density at radius 3 is 3.22 bits per heavy atom. The molecule has 18 heavy (non-hydrogen) atoms. The molecule has 6 heteroatoms. The van der Waals surface area contributed by atoms with Crippen LogP contribution in [-0.4, -0.2) is 53.7 Å². The summed E-state index contributed by atoms with van der Waals surface area (Å²) >= 11 is 0. The van der Waals surface area contributed by atoms with E-state index in [2.05, 4.69) is 9.97 Å². The molecule has 1 N–H and O–H groups in total. The number of hydrogen-bond acceptors (Lipinski definition) is 4. The molecule has 1 aliphatic heterocycles. The summed E-state index contributed by atoms with van der Waals surface area (Å²) in [6.45, 7) is 6.09. The van der Waals surface area contributed by atoms with Crippen LogP contribution in [0.25, 0.3) is 0 Å². The average molecular weight is 253 g/mol. The molecule has 1 saturated heterocycles. The van der Waals surface area contributed by atoms with Gasteiger partial charge in [-0.25, -0.2) is 4.98 Å². The van der Waals surface area contributed by atoms with Gasteiger partial charge in [-0.1, -0.05) is 0 Å². The van der Waals surface area contributed by atoms with Crippen LogP contribution in [0.1, 0.15) is 24.5 Å². The monoisotopic (exact) mass is 253 g/mol. The van der Waals surface area contributed by atoms with Crippen molar-refractivity contribution in [3.05, 3.63) is 17.7 Å². The number of H-pyrrole nitrogens is 1. The Balaban J connectivity index is 2.08. The van der Waals surface area contributed by atoms with Gasteiger partial charge in [0.2, 0.25) is 5.91 Å². The summed E-state index contributed by atoms with van der Waals surface area (Å²) < 4.78 is 10.6. The Bertz CT molecular complexity index is 405. The quantitative estimate of drug-likeness (QED) is 0.855. The maximum atomic E-state index is 12.1. The second-order valence-corrected chi connectivity index (χ2v) is 4.27. The molecule has 0 bridgehead atoms. The molecule has 6 nitrogen and oxygen atoms in total. The van der Waals surface area contributed by atoms with E-state index in [-0.39, 0.29) is 18.6 Å². The summed E-state index contributed by atoms with van der Waals surface area (Å²) in [6, 6.07) is -0.139. The van der Waals surface area contributed by atoms with E-state index in [9.17, 15) is 4.79 Å². The van der Waals surface area contributed by atoms with Crippen molar-refractivity contribution in [3.8, 4) is 0 Å². The largest absolute Gasteiger partial charge is 0.377 e. The van der Waals surface area contributed by atoms with E-state index in [4.69, 9.17) is 9.47 Å². The maximum absolute atomic E-state index is 12.1. The number of aromatic amines is 1. The van der Waals surface area contributed by atoms with Crippen molar-refractivity contribution in [2.75, 3.05) is 33.0 Å². The fraction of sp³-hybridized carbons (Fsp3) is 0.667. The van der Waals surface area contributed by atoms with Gasteiger partial charge < -0.3 is 19.4 Å². The van der Waals surface area contributed by atoms with E-state index in [0.717, 1.165) is 11.5 Å². The number of carbonyl (C=O) groups excluding carboxylic acids is 1. The topological polar surface area (TPSA) is 67.4 Å². The van der Waals surface area contributed by atoms with Gasteiger partial charge in [-0.2, -0.15) is 0 Å². The molecule has 1 atom stereocenters. The van der Waals surface area contributed by atoms with Crippen LogP contribution in [0.4, 0.5) is 0 Å². The van der Waals surface area contributed by atoms with E-state index in [0.29, 0.717) is 26.4 Å². The highest BCUT2D eigenvalue weighted by Gasteiger charge is 2.30. The molecular formula is C12H19N3O3. The minimum absolute atomic E-state index is 0.0146. The molecule has 1 aromatic rings. The number of amides is 1. The third kappa shape index (κ3) is 2.88. The number of aromatic nitrogens is 2. The fourth-order valence-corrected chi connectivity index (χ4v) is 2.00. The van der Waals surface area contributed by atoms with Crippen LogP contribution in [0, 0.1) is 6.92 Å². The van der Waals surface area contributed by atoms with Crippen LogP contribution in [0.15, 0.2) is 6.20 Å². The lowest BCUT2D eigenvalue weighted by atomic mass is 10.2. The number of ether oxygens (including phenoxy) is 2. The lowest BCUT2D eigenvalue weighted by Gasteiger charge is -2.34. The Morgan fingerprint density at radius 2 is 2.56 bits per heavy atom. The van der Waals surface area contributed by atoms with E-state index in [1.807, 2.05) is 13.8 Å². The number of morpholine rings is 1. The standard InChI is InChI=1S/C12H19N3O3/c1-3-17-8-11(16)15-4-5-18-7-10(15)12-13-6-9(2)14-12/h6,10H,3-5,7-8H2,1-2H3,(H,13,14)/t10-/m0/s1. The summed E-state index contributed by atoms with van der Waals surface area (Å²) in [5.74, 6) is 0.760. The van der Waals surface area contributed by atoms with Gasteiger partial charge in [0.05, 0.1) is 13.2 Å². The van der Waals surface area contributed by atoms with Gasteiger partial charge in [0.25, 0.3) is 0 Å². The first-order valence-electron chi connectivity index (χ1n) is 6.18. The Hall–Kier alpha value is -1.40. The summed E-state index contributed by atoms with van der Waals surface area (Å²) in [4.78, 5) is 21.3. The van der Waals surface area contributed by atoms with Crippen molar-refractivity contribution >= 4 is 5.91 Å². The molecule has 0 aliphatic carbocycles. The first kappa shape index (κ1) is 13.0. The summed E-state index contributed by atoms with van der Waals surface area (Å²) in [5, 5.41) is 0. The number of imidazole rings is 1. The molecule has 0 radical (unpaired) electrons. The smallest absolute Gasteiger partial charge is 0.249 e. The van der Waals surface area contributed by atoms with Gasteiger partial charge in [-0.3, -0.25) is 4.79 Å². The Morgan fingerprint density at radius 1 is 1.72 bits per heavy atom. The third-order valence-corrected chi connectivity index (χ3v) is 2.92. The van der Waals surface area contributed by atoms with Gasteiger partial charge in [0, 0.05) is 25.0 Å². The van der Waals surface area contributed by atoms with E-state index < -0.39 is 0 Å². The molecule has 1 aliphatic rings. The minimum atomic E-state index is -0.139. The fourth-order valence-electron chi connectivity index (χ4n) is 2.00. The molecule has 0 unspecified atom stereocenters. The molecule has 1 fully saturated rings. The number of nitrogens with one attached hydrogen (secondary N) is 1. The summed E-state index contributed by atoms with van der Waals surface area (Å²) in [6.07, 6.45) is 1.76. The van der Waals surface area contributed by atoms with Crippen LogP contribution in [0.3, 0.4) is 0 Å². The number of hydrogen-bond donors (Lipinski definition) is 1. The van der Waals surface area contributed by atoms with Crippen LogP contribution < -0.4 is 0 Å². The van der Waals surface area contributed by atoms with Crippen molar-refractivity contribution in [2.24, 2.45) is 0 Å². The molecular weight excluding hydrogens is 234 g/mol. The number of nitrogens with zero attached hydrogens (tertiary/aromatic N) is 2. The van der Waals surface area contributed by atoms with Crippen molar-refractivity contribution in [1.82, 2.24) is 14.9 Å². The number of rotatable bonds is 4. The molecule has 1 aromatic heterocycles. The zero-order valence-electron chi connectivity index (χ0n) is 10.8. The van der Waals surface area contributed by atoms with Crippen molar-refractivity contribution < 1.29 is 14.3 Å². The molecule has 0 saturated carbocycles. The predicted octanol–water partition coefficient (Wildman–Crippen LogP) is 0.655. The zero-order valence-corrected chi connectivity index (χ0v) is 10.8. The Kier molecular flexibility index (Phi) is 4.33. The highest BCUT2D eigenvalue weighted by molar-refractivity contribution is 5.78. The molecule has 2 heterocycles. The maximum Gasteiger partial charge on any atom is 0.249 e.